The van der Waals surface area contributed by atoms with E-state index in [1.165, 1.54) is 6.33 Å². The Morgan fingerprint density at radius 2 is 1.75 bits per heavy atom. The molecule has 0 bridgehead atoms. The lowest BCUT2D eigenvalue weighted by molar-refractivity contribution is -0.118. The first-order valence-electron chi connectivity index (χ1n) is 11.4. The molecule has 0 aliphatic rings. The Labute approximate surface area is 208 Å². The predicted octanol–water partition coefficient (Wildman–Crippen LogP) is 2.21. The standard InChI is InChI=1S/C25H27N9O2/c1-15(17-5-4-6-18-19(24(36)27-3)7-8-28-23(17)18)10-29-21-9-20(33-14-34-21)16-11-30-25(31-12-16)32-13-22(35)26-2/h4-9,11-12,14-15H,10,13H2,1-3H3,(H,26,35)(H,27,36)(H,29,33,34)(H,30,31,32)/t15-/m1/s1. The zero-order valence-electron chi connectivity index (χ0n) is 20.2. The van der Waals surface area contributed by atoms with Gasteiger partial charge in [-0.3, -0.25) is 14.6 Å². The molecule has 4 aromatic rings. The molecule has 0 unspecified atom stereocenters. The number of aromatic nitrogens is 5. The van der Waals surface area contributed by atoms with E-state index in [-0.39, 0.29) is 24.3 Å². The Balaban J connectivity index is 1.46. The maximum absolute atomic E-state index is 12.3. The maximum Gasteiger partial charge on any atom is 0.251 e. The monoisotopic (exact) mass is 485 g/mol. The van der Waals surface area contributed by atoms with Gasteiger partial charge in [-0.1, -0.05) is 25.1 Å². The highest BCUT2D eigenvalue weighted by atomic mass is 16.2. The van der Waals surface area contributed by atoms with Crippen LogP contribution in [0.25, 0.3) is 22.2 Å². The highest BCUT2D eigenvalue weighted by Gasteiger charge is 2.15. The van der Waals surface area contributed by atoms with Crippen LogP contribution in [0.2, 0.25) is 0 Å². The highest BCUT2D eigenvalue weighted by molar-refractivity contribution is 6.06. The molecule has 1 aromatic carbocycles. The Bertz CT molecular complexity index is 1380. The zero-order chi connectivity index (χ0) is 25.5. The molecule has 11 heteroatoms. The molecule has 0 saturated heterocycles. The summed E-state index contributed by atoms with van der Waals surface area (Å²) in [4.78, 5) is 45.3. The summed E-state index contributed by atoms with van der Waals surface area (Å²) >= 11 is 0. The van der Waals surface area contributed by atoms with Crippen molar-refractivity contribution >= 4 is 34.5 Å². The Hall–Kier alpha value is -4.67. The first kappa shape index (κ1) is 24.5. The Morgan fingerprint density at radius 1 is 0.944 bits per heavy atom. The molecule has 0 spiro atoms. The number of amides is 2. The number of nitrogens with zero attached hydrogens (tertiary/aromatic N) is 5. The zero-order valence-corrected chi connectivity index (χ0v) is 20.2. The van der Waals surface area contributed by atoms with E-state index in [0.29, 0.717) is 29.6 Å². The quantitative estimate of drug-likeness (QED) is 0.280. The fourth-order valence-electron chi connectivity index (χ4n) is 3.71. The van der Waals surface area contributed by atoms with Gasteiger partial charge in [0, 0.05) is 62.2 Å². The lowest BCUT2D eigenvalue weighted by Gasteiger charge is -2.16. The van der Waals surface area contributed by atoms with Gasteiger partial charge in [0.25, 0.3) is 5.91 Å². The molecular weight excluding hydrogens is 458 g/mol. The van der Waals surface area contributed by atoms with Crippen molar-refractivity contribution in [3.63, 3.8) is 0 Å². The molecule has 184 valence electrons. The number of anilines is 2. The van der Waals surface area contributed by atoms with Gasteiger partial charge >= 0.3 is 0 Å². The van der Waals surface area contributed by atoms with Crippen molar-refractivity contribution in [2.24, 2.45) is 0 Å². The molecule has 3 heterocycles. The lowest BCUT2D eigenvalue weighted by Crippen LogP contribution is -2.26. The summed E-state index contributed by atoms with van der Waals surface area (Å²) in [5, 5.41) is 12.2. The second-order valence-corrected chi connectivity index (χ2v) is 8.07. The SMILES string of the molecule is CNC(=O)CNc1ncc(-c2cc(NC[C@@H](C)c3cccc4c(C(=O)NC)ccnc34)ncn2)cn1. The molecular formula is C25H27N9O2. The predicted molar refractivity (Wildman–Crippen MR) is 138 cm³/mol. The molecule has 0 aliphatic carbocycles. The molecule has 4 rings (SSSR count). The van der Waals surface area contributed by atoms with Gasteiger partial charge in [-0.2, -0.15) is 0 Å². The summed E-state index contributed by atoms with van der Waals surface area (Å²) in [7, 11) is 3.18. The first-order chi connectivity index (χ1) is 17.5. The van der Waals surface area contributed by atoms with Crippen LogP contribution in [-0.2, 0) is 4.79 Å². The molecule has 0 fully saturated rings. The Morgan fingerprint density at radius 3 is 2.50 bits per heavy atom. The third-order valence-electron chi connectivity index (χ3n) is 5.69. The Kier molecular flexibility index (Phi) is 7.59. The van der Waals surface area contributed by atoms with Gasteiger partial charge in [0.05, 0.1) is 23.3 Å². The van der Waals surface area contributed by atoms with Crippen LogP contribution in [0, 0.1) is 0 Å². The number of fused-ring (bicyclic) bond motifs is 1. The minimum atomic E-state index is -0.158. The van der Waals surface area contributed by atoms with Crippen molar-refractivity contribution in [3.05, 3.63) is 66.4 Å². The van der Waals surface area contributed by atoms with E-state index in [4.69, 9.17) is 0 Å². The normalized spacial score (nSPS) is 11.5. The van der Waals surface area contributed by atoms with Gasteiger partial charge < -0.3 is 21.3 Å². The number of carbonyl (C=O) groups excluding carboxylic acids is 2. The fraction of sp³-hybridized carbons (Fsp3) is 0.240. The number of hydrogen-bond acceptors (Lipinski definition) is 9. The summed E-state index contributed by atoms with van der Waals surface area (Å²) in [5.74, 6) is 0.807. The van der Waals surface area contributed by atoms with E-state index >= 15 is 0 Å². The number of benzene rings is 1. The minimum Gasteiger partial charge on any atom is -0.369 e. The topological polar surface area (TPSA) is 147 Å². The van der Waals surface area contributed by atoms with Gasteiger partial charge in [0.2, 0.25) is 11.9 Å². The van der Waals surface area contributed by atoms with Crippen LogP contribution < -0.4 is 21.3 Å². The first-order valence-corrected chi connectivity index (χ1v) is 11.4. The van der Waals surface area contributed by atoms with Gasteiger partial charge in [-0.25, -0.2) is 19.9 Å². The molecule has 11 nitrogen and oxygen atoms in total. The maximum atomic E-state index is 12.3. The number of pyridine rings is 1. The van der Waals surface area contributed by atoms with E-state index in [1.54, 1.807) is 38.8 Å². The van der Waals surface area contributed by atoms with E-state index in [0.717, 1.165) is 22.0 Å². The summed E-state index contributed by atoms with van der Waals surface area (Å²) in [5.41, 5.74) is 3.83. The molecule has 2 amide bonds. The average molecular weight is 486 g/mol. The second-order valence-electron chi connectivity index (χ2n) is 8.07. The third-order valence-corrected chi connectivity index (χ3v) is 5.69. The smallest absolute Gasteiger partial charge is 0.251 e. The fourth-order valence-corrected chi connectivity index (χ4v) is 3.71. The van der Waals surface area contributed by atoms with Gasteiger partial charge in [0.15, 0.2) is 0 Å². The van der Waals surface area contributed by atoms with Gasteiger partial charge in [0.1, 0.15) is 12.1 Å². The molecule has 3 aromatic heterocycles. The van der Waals surface area contributed by atoms with Crippen LogP contribution in [0.5, 0.6) is 0 Å². The van der Waals surface area contributed by atoms with Crippen LogP contribution in [0.3, 0.4) is 0 Å². The third kappa shape index (κ3) is 5.52. The van der Waals surface area contributed by atoms with Crippen LogP contribution in [0.1, 0.15) is 28.8 Å². The molecule has 0 aliphatic heterocycles. The number of carbonyl (C=O) groups is 2. The van der Waals surface area contributed by atoms with E-state index in [9.17, 15) is 9.59 Å². The summed E-state index contributed by atoms with van der Waals surface area (Å²) < 4.78 is 0. The van der Waals surface area contributed by atoms with Crippen molar-refractivity contribution < 1.29 is 9.59 Å². The molecule has 0 radical (unpaired) electrons. The van der Waals surface area contributed by atoms with Crippen LogP contribution in [0.15, 0.2) is 55.2 Å². The number of nitrogens with one attached hydrogen (secondary N) is 4. The largest absolute Gasteiger partial charge is 0.369 e. The number of hydrogen-bond donors (Lipinski definition) is 4. The minimum absolute atomic E-state index is 0.0913. The molecule has 0 saturated carbocycles. The van der Waals surface area contributed by atoms with Crippen molar-refractivity contribution in [2.75, 3.05) is 37.8 Å². The molecule has 36 heavy (non-hydrogen) atoms. The van der Waals surface area contributed by atoms with Crippen LogP contribution in [-0.4, -0.2) is 63.9 Å². The highest BCUT2D eigenvalue weighted by Crippen LogP contribution is 2.27. The number of likely N-dealkylation sites (N-methyl/N-ethyl adjacent to an activating group) is 1. The van der Waals surface area contributed by atoms with E-state index in [1.807, 2.05) is 24.3 Å². The van der Waals surface area contributed by atoms with Crippen molar-refractivity contribution in [1.82, 2.24) is 35.6 Å². The number of para-hydroxylation sites is 1. The van der Waals surface area contributed by atoms with E-state index in [2.05, 4.69) is 53.1 Å². The molecule has 4 N–H and O–H groups in total. The molecule has 1 atom stereocenters. The summed E-state index contributed by atoms with van der Waals surface area (Å²) in [6.07, 6.45) is 6.42. The van der Waals surface area contributed by atoms with Crippen molar-refractivity contribution in [1.29, 1.82) is 0 Å². The van der Waals surface area contributed by atoms with Crippen molar-refractivity contribution in [2.45, 2.75) is 12.8 Å². The summed E-state index contributed by atoms with van der Waals surface area (Å²) in [6, 6.07) is 9.43. The van der Waals surface area contributed by atoms with Gasteiger partial charge in [-0.15, -0.1) is 0 Å². The lowest BCUT2D eigenvalue weighted by atomic mass is 9.96. The van der Waals surface area contributed by atoms with Gasteiger partial charge in [-0.05, 0) is 11.6 Å². The van der Waals surface area contributed by atoms with Crippen molar-refractivity contribution in [3.8, 4) is 11.3 Å². The van der Waals surface area contributed by atoms with Crippen LogP contribution >= 0.6 is 0 Å². The van der Waals surface area contributed by atoms with E-state index < -0.39 is 0 Å². The number of rotatable bonds is 9. The van der Waals surface area contributed by atoms with Crippen LogP contribution in [0.4, 0.5) is 11.8 Å². The summed E-state index contributed by atoms with van der Waals surface area (Å²) in [6.45, 7) is 2.78. The second kappa shape index (κ2) is 11.2. The average Bonchev–Trinajstić information content (AvgIpc) is 2.93.